The number of allylic oxidation sites excluding steroid dienone is 4. The predicted molar refractivity (Wildman–Crippen MR) is 112 cm³/mol. The van der Waals surface area contributed by atoms with Crippen molar-refractivity contribution in [1.82, 2.24) is 0 Å². The summed E-state index contributed by atoms with van der Waals surface area (Å²) in [6, 6.07) is 14.5. The number of rotatable bonds is 1. The van der Waals surface area contributed by atoms with E-state index in [0.29, 0.717) is 5.46 Å². The molecule has 0 saturated heterocycles. The molecule has 0 bridgehead atoms. The van der Waals surface area contributed by atoms with E-state index in [1.54, 1.807) is 0 Å². The summed E-state index contributed by atoms with van der Waals surface area (Å²) >= 11 is 0. The third kappa shape index (κ3) is 2.10. The quantitative estimate of drug-likeness (QED) is 0.770. The van der Waals surface area contributed by atoms with Gasteiger partial charge >= 0.3 is 7.12 Å². The molecule has 2 nitrogen and oxygen atoms in total. The maximum atomic E-state index is 9.65. The predicted octanol–water partition coefficient (Wildman–Crippen LogP) is 2.02. The van der Waals surface area contributed by atoms with Gasteiger partial charge in [-0.3, -0.25) is 0 Å². The molecular formula is C24H23BO2. The molecule has 0 aliphatic heterocycles. The molecule has 0 spiro atoms. The van der Waals surface area contributed by atoms with Crippen molar-refractivity contribution in [3.8, 4) is 0 Å². The van der Waals surface area contributed by atoms with Crippen molar-refractivity contribution in [3.05, 3.63) is 81.3 Å². The van der Waals surface area contributed by atoms with Crippen LogP contribution in [0.3, 0.4) is 0 Å². The SMILES string of the molecule is CC1(C)C=C2C(=C3C=c4ccccc4=C31)C(C)(C)c1cc(B(O)O)ccc12. The van der Waals surface area contributed by atoms with Crippen molar-refractivity contribution >= 4 is 29.8 Å². The average molecular weight is 354 g/mol. The minimum Gasteiger partial charge on any atom is -0.423 e. The first-order valence-corrected chi connectivity index (χ1v) is 9.53. The summed E-state index contributed by atoms with van der Waals surface area (Å²) in [7, 11) is -1.44. The minimum atomic E-state index is -1.44. The van der Waals surface area contributed by atoms with Crippen molar-refractivity contribution in [2.24, 2.45) is 5.41 Å². The zero-order chi connectivity index (χ0) is 19.1. The Morgan fingerprint density at radius 2 is 1.63 bits per heavy atom. The first-order valence-electron chi connectivity index (χ1n) is 9.53. The van der Waals surface area contributed by atoms with Crippen LogP contribution in [0.4, 0.5) is 0 Å². The summed E-state index contributed by atoms with van der Waals surface area (Å²) in [6.07, 6.45) is 4.74. The maximum Gasteiger partial charge on any atom is 0.488 e. The van der Waals surface area contributed by atoms with Gasteiger partial charge in [-0.05, 0) is 55.4 Å². The lowest BCUT2D eigenvalue weighted by atomic mass is 9.68. The largest absolute Gasteiger partial charge is 0.488 e. The van der Waals surface area contributed by atoms with E-state index in [0.717, 1.165) is 0 Å². The van der Waals surface area contributed by atoms with Crippen LogP contribution in [0.15, 0.2) is 59.7 Å². The standard InChI is InChI=1S/C24H23BO2/c1-23(2)13-19-17-10-9-15(25(26)27)12-20(17)24(3,4)22(19)18-11-14-7-5-6-8-16(14)21(18)23/h5-13,26-27H,1-4H3. The van der Waals surface area contributed by atoms with Crippen molar-refractivity contribution < 1.29 is 10.0 Å². The van der Waals surface area contributed by atoms with Gasteiger partial charge in [-0.1, -0.05) is 76.2 Å². The molecule has 27 heavy (non-hydrogen) atoms. The van der Waals surface area contributed by atoms with E-state index in [1.165, 1.54) is 43.9 Å². The Hall–Kier alpha value is -2.36. The van der Waals surface area contributed by atoms with Gasteiger partial charge < -0.3 is 10.0 Å². The van der Waals surface area contributed by atoms with Gasteiger partial charge in [-0.2, -0.15) is 0 Å². The maximum absolute atomic E-state index is 9.65. The first kappa shape index (κ1) is 16.8. The number of hydrogen-bond acceptors (Lipinski definition) is 2. The van der Waals surface area contributed by atoms with Crippen LogP contribution >= 0.6 is 0 Å². The highest BCUT2D eigenvalue weighted by molar-refractivity contribution is 6.58. The van der Waals surface area contributed by atoms with Gasteiger partial charge in [0.15, 0.2) is 0 Å². The van der Waals surface area contributed by atoms with E-state index in [4.69, 9.17) is 0 Å². The Kier molecular flexibility index (Phi) is 3.19. The summed E-state index contributed by atoms with van der Waals surface area (Å²) in [5.74, 6) is 0. The fourth-order valence-electron chi connectivity index (χ4n) is 5.26. The number of fused-ring (bicyclic) bond motifs is 5. The van der Waals surface area contributed by atoms with Crippen LogP contribution in [-0.2, 0) is 5.41 Å². The molecule has 3 aliphatic rings. The topological polar surface area (TPSA) is 40.5 Å². The molecule has 0 saturated carbocycles. The smallest absolute Gasteiger partial charge is 0.423 e. The minimum absolute atomic E-state index is 0.0654. The molecule has 2 aromatic rings. The Morgan fingerprint density at radius 3 is 2.37 bits per heavy atom. The summed E-state index contributed by atoms with van der Waals surface area (Å²) in [5.41, 5.74) is 8.06. The molecule has 0 aromatic heterocycles. The van der Waals surface area contributed by atoms with E-state index >= 15 is 0 Å². The van der Waals surface area contributed by atoms with Crippen LogP contribution in [0.5, 0.6) is 0 Å². The zero-order valence-electron chi connectivity index (χ0n) is 16.2. The molecule has 2 aromatic carbocycles. The van der Waals surface area contributed by atoms with E-state index in [2.05, 4.69) is 70.2 Å². The van der Waals surface area contributed by atoms with Gasteiger partial charge in [-0.25, -0.2) is 0 Å². The molecule has 0 unspecified atom stereocenters. The fraction of sp³-hybridized carbons (Fsp3) is 0.250. The zero-order valence-corrected chi connectivity index (χ0v) is 16.2. The Balaban J connectivity index is 1.89. The van der Waals surface area contributed by atoms with Crippen LogP contribution in [0.2, 0.25) is 0 Å². The molecule has 0 radical (unpaired) electrons. The van der Waals surface area contributed by atoms with Crippen LogP contribution in [0.25, 0.3) is 17.2 Å². The van der Waals surface area contributed by atoms with Crippen molar-refractivity contribution in [2.45, 2.75) is 33.1 Å². The van der Waals surface area contributed by atoms with Gasteiger partial charge in [-0.15, -0.1) is 0 Å². The monoisotopic (exact) mass is 354 g/mol. The highest BCUT2D eigenvalue weighted by Gasteiger charge is 2.45. The van der Waals surface area contributed by atoms with E-state index < -0.39 is 7.12 Å². The molecule has 3 aliphatic carbocycles. The Morgan fingerprint density at radius 1 is 0.889 bits per heavy atom. The lowest BCUT2D eigenvalue weighted by Gasteiger charge is -2.34. The molecule has 2 N–H and O–H groups in total. The Labute approximate surface area is 160 Å². The average Bonchev–Trinajstić information content (AvgIpc) is 3.09. The lowest BCUT2D eigenvalue weighted by Crippen LogP contribution is -2.31. The number of hydrogen-bond donors (Lipinski definition) is 2. The third-order valence-corrected chi connectivity index (χ3v) is 6.42. The second kappa shape index (κ2) is 5.12. The molecule has 5 rings (SSSR count). The van der Waals surface area contributed by atoms with Crippen molar-refractivity contribution in [3.63, 3.8) is 0 Å². The Bertz CT molecular complexity index is 1190. The highest BCUT2D eigenvalue weighted by Crippen LogP contribution is 2.57. The summed E-state index contributed by atoms with van der Waals surface area (Å²) in [4.78, 5) is 0. The van der Waals surface area contributed by atoms with E-state index in [1.807, 2.05) is 12.1 Å². The van der Waals surface area contributed by atoms with Gasteiger partial charge in [0, 0.05) is 10.8 Å². The molecule has 0 fully saturated rings. The first-order chi connectivity index (χ1) is 12.7. The van der Waals surface area contributed by atoms with Crippen LogP contribution < -0.4 is 15.9 Å². The summed E-state index contributed by atoms with van der Waals surface area (Å²) in [5, 5.41) is 21.9. The molecule has 3 heteroatoms. The van der Waals surface area contributed by atoms with Gasteiger partial charge in [0.2, 0.25) is 0 Å². The summed E-state index contributed by atoms with van der Waals surface area (Å²) < 4.78 is 0. The molecule has 0 heterocycles. The second-order valence-corrected chi connectivity index (χ2v) is 8.98. The van der Waals surface area contributed by atoms with Crippen molar-refractivity contribution in [2.75, 3.05) is 0 Å². The third-order valence-electron chi connectivity index (χ3n) is 6.42. The van der Waals surface area contributed by atoms with Gasteiger partial charge in [0.25, 0.3) is 0 Å². The van der Waals surface area contributed by atoms with Gasteiger partial charge in [0.1, 0.15) is 0 Å². The lowest BCUT2D eigenvalue weighted by molar-refractivity contribution is 0.425. The van der Waals surface area contributed by atoms with Crippen LogP contribution in [-0.4, -0.2) is 17.2 Å². The molecule has 0 atom stereocenters. The second-order valence-electron chi connectivity index (χ2n) is 8.98. The normalized spacial score (nSPS) is 20.4. The van der Waals surface area contributed by atoms with E-state index in [9.17, 15) is 10.0 Å². The van der Waals surface area contributed by atoms with Gasteiger partial charge in [0.05, 0.1) is 0 Å². The van der Waals surface area contributed by atoms with Crippen LogP contribution in [0, 0.1) is 5.41 Å². The molecule has 134 valence electrons. The van der Waals surface area contributed by atoms with E-state index in [-0.39, 0.29) is 10.8 Å². The fourth-order valence-corrected chi connectivity index (χ4v) is 5.26. The molecule has 0 amide bonds. The molecular weight excluding hydrogens is 331 g/mol. The number of benzene rings is 2. The van der Waals surface area contributed by atoms with Crippen molar-refractivity contribution in [1.29, 1.82) is 0 Å². The highest BCUT2D eigenvalue weighted by atomic mass is 16.4. The van der Waals surface area contributed by atoms with Crippen LogP contribution in [0.1, 0.15) is 38.8 Å². The summed E-state index contributed by atoms with van der Waals surface area (Å²) in [6.45, 7) is 9.07.